The van der Waals surface area contributed by atoms with Crippen LogP contribution in [0.25, 0.3) is 0 Å². The SMILES string of the molecule is O=C(Nc1ccc(C(F)(F)F)cc1)c1cccc(S(=O)(=O)Nc2ccc3c(c2)OCO3)c1. The Hall–Kier alpha value is -3.73. The molecule has 0 unspecified atom stereocenters. The number of halogens is 3. The van der Waals surface area contributed by atoms with Crippen LogP contribution < -0.4 is 19.5 Å². The summed E-state index contributed by atoms with van der Waals surface area (Å²) in [5.41, 5.74) is -0.458. The summed E-state index contributed by atoms with van der Waals surface area (Å²) in [6.07, 6.45) is -4.49. The summed E-state index contributed by atoms with van der Waals surface area (Å²) in [6.45, 7) is 0.0433. The number of ether oxygens (including phenoxy) is 2. The van der Waals surface area contributed by atoms with Crippen molar-refractivity contribution in [3.63, 3.8) is 0 Å². The first-order valence-electron chi connectivity index (χ1n) is 9.13. The van der Waals surface area contributed by atoms with Gasteiger partial charge in [-0.3, -0.25) is 9.52 Å². The van der Waals surface area contributed by atoms with Gasteiger partial charge in [-0.25, -0.2) is 8.42 Å². The molecule has 1 aliphatic heterocycles. The number of sulfonamides is 1. The molecule has 1 heterocycles. The molecule has 0 spiro atoms. The van der Waals surface area contributed by atoms with E-state index in [-0.39, 0.29) is 28.6 Å². The van der Waals surface area contributed by atoms with E-state index in [4.69, 9.17) is 9.47 Å². The van der Waals surface area contributed by atoms with Crippen molar-refractivity contribution in [3.05, 3.63) is 77.9 Å². The lowest BCUT2D eigenvalue weighted by atomic mass is 10.2. The highest BCUT2D eigenvalue weighted by molar-refractivity contribution is 7.92. The Kier molecular flexibility index (Phi) is 5.43. The number of carbonyl (C=O) groups is 1. The fourth-order valence-corrected chi connectivity index (χ4v) is 4.02. The van der Waals surface area contributed by atoms with E-state index in [0.29, 0.717) is 11.5 Å². The molecule has 32 heavy (non-hydrogen) atoms. The average molecular weight is 464 g/mol. The van der Waals surface area contributed by atoms with Gasteiger partial charge in [0.1, 0.15) is 0 Å². The lowest BCUT2D eigenvalue weighted by Gasteiger charge is -2.11. The molecule has 0 aliphatic carbocycles. The van der Waals surface area contributed by atoms with Gasteiger partial charge < -0.3 is 14.8 Å². The van der Waals surface area contributed by atoms with E-state index in [2.05, 4.69) is 10.0 Å². The van der Waals surface area contributed by atoms with Crippen molar-refractivity contribution in [1.82, 2.24) is 0 Å². The molecular weight excluding hydrogens is 449 g/mol. The minimum Gasteiger partial charge on any atom is -0.454 e. The Morgan fingerprint density at radius 1 is 0.875 bits per heavy atom. The predicted octanol–water partition coefficient (Wildman–Crippen LogP) is 4.49. The van der Waals surface area contributed by atoms with Crippen LogP contribution >= 0.6 is 0 Å². The third-order valence-corrected chi connectivity index (χ3v) is 5.88. The van der Waals surface area contributed by atoms with E-state index in [9.17, 15) is 26.4 Å². The molecule has 7 nitrogen and oxygen atoms in total. The van der Waals surface area contributed by atoms with Crippen LogP contribution in [-0.4, -0.2) is 21.1 Å². The number of benzene rings is 3. The van der Waals surface area contributed by atoms with Crippen LogP contribution in [0.15, 0.2) is 71.6 Å². The molecule has 0 aromatic heterocycles. The third kappa shape index (κ3) is 4.62. The Bertz CT molecular complexity index is 1280. The number of hydrogen-bond donors (Lipinski definition) is 2. The molecular formula is C21H15F3N2O5S. The molecule has 1 aliphatic rings. The zero-order valence-corrected chi connectivity index (χ0v) is 17.0. The molecule has 0 atom stereocenters. The number of hydrogen-bond acceptors (Lipinski definition) is 5. The van der Waals surface area contributed by atoms with Crippen LogP contribution in [0, 0.1) is 0 Å². The maximum atomic E-state index is 12.7. The summed E-state index contributed by atoms with van der Waals surface area (Å²) >= 11 is 0. The van der Waals surface area contributed by atoms with Gasteiger partial charge in [0.25, 0.3) is 15.9 Å². The predicted molar refractivity (Wildman–Crippen MR) is 109 cm³/mol. The van der Waals surface area contributed by atoms with Gasteiger partial charge in [-0.15, -0.1) is 0 Å². The van der Waals surface area contributed by atoms with Crippen LogP contribution in [0.4, 0.5) is 24.5 Å². The van der Waals surface area contributed by atoms with E-state index < -0.39 is 27.7 Å². The van der Waals surface area contributed by atoms with Gasteiger partial charge >= 0.3 is 6.18 Å². The van der Waals surface area contributed by atoms with Crippen molar-refractivity contribution < 1.29 is 35.9 Å². The largest absolute Gasteiger partial charge is 0.454 e. The highest BCUT2D eigenvalue weighted by Gasteiger charge is 2.30. The Labute approximate surface area is 180 Å². The van der Waals surface area contributed by atoms with Crippen molar-refractivity contribution >= 4 is 27.3 Å². The Morgan fingerprint density at radius 2 is 1.56 bits per heavy atom. The molecule has 3 aromatic carbocycles. The number of carbonyl (C=O) groups excluding carboxylic acids is 1. The van der Waals surface area contributed by atoms with Crippen LogP contribution in [0.3, 0.4) is 0 Å². The lowest BCUT2D eigenvalue weighted by Crippen LogP contribution is -2.16. The molecule has 4 rings (SSSR count). The molecule has 0 saturated carbocycles. The second-order valence-corrected chi connectivity index (χ2v) is 8.41. The fraction of sp³-hybridized carbons (Fsp3) is 0.0952. The fourth-order valence-electron chi connectivity index (χ4n) is 2.92. The van der Waals surface area contributed by atoms with Crippen LogP contribution in [0.2, 0.25) is 0 Å². The van der Waals surface area contributed by atoms with Gasteiger partial charge in [0.15, 0.2) is 11.5 Å². The first-order chi connectivity index (χ1) is 15.1. The van der Waals surface area contributed by atoms with Crippen molar-refractivity contribution in [1.29, 1.82) is 0 Å². The van der Waals surface area contributed by atoms with Crippen molar-refractivity contribution in [2.45, 2.75) is 11.1 Å². The van der Waals surface area contributed by atoms with Gasteiger partial charge in [-0.1, -0.05) is 6.07 Å². The molecule has 0 fully saturated rings. The number of amides is 1. The van der Waals surface area contributed by atoms with Crippen LogP contribution in [0.5, 0.6) is 11.5 Å². The Morgan fingerprint density at radius 3 is 2.28 bits per heavy atom. The summed E-state index contributed by atoms with van der Waals surface area (Å²) in [7, 11) is -4.03. The topological polar surface area (TPSA) is 93.7 Å². The molecule has 1 amide bonds. The number of alkyl halides is 3. The molecule has 166 valence electrons. The van der Waals surface area contributed by atoms with E-state index in [1.165, 1.54) is 30.3 Å². The molecule has 0 bridgehead atoms. The lowest BCUT2D eigenvalue weighted by molar-refractivity contribution is -0.137. The van der Waals surface area contributed by atoms with E-state index in [1.54, 1.807) is 6.07 Å². The standard InChI is InChI=1S/C21H15F3N2O5S/c22-21(23,24)14-4-6-15(7-5-14)25-20(27)13-2-1-3-17(10-13)32(28,29)26-16-8-9-18-19(11-16)31-12-30-18/h1-11,26H,12H2,(H,25,27). The first kappa shape index (κ1) is 21.5. The van der Waals surface area contributed by atoms with Gasteiger partial charge in [-0.2, -0.15) is 13.2 Å². The normalized spacial score (nSPS) is 13.0. The summed E-state index contributed by atoms with van der Waals surface area (Å²) in [6, 6.07) is 13.7. The molecule has 3 aromatic rings. The number of rotatable bonds is 5. The monoisotopic (exact) mass is 464 g/mol. The average Bonchev–Trinajstić information content (AvgIpc) is 3.21. The summed E-state index contributed by atoms with van der Waals surface area (Å²) in [5, 5.41) is 2.44. The van der Waals surface area contributed by atoms with Crippen molar-refractivity contribution in [3.8, 4) is 11.5 Å². The molecule has 11 heteroatoms. The number of nitrogens with one attached hydrogen (secondary N) is 2. The molecule has 2 N–H and O–H groups in total. The second-order valence-electron chi connectivity index (χ2n) is 6.73. The van der Waals surface area contributed by atoms with Crippen LogP contribution in [0.1, 0.15) is 15.9 Å². The summed E-state index contributed by atoms with van der Waals surface area (Å²) in [4.78, 5) is 12.3. The Balaban J connectivity index is 1.50. The van der Waals surface area contributed by atoms with Gasteiger partial charge in [-0.05, 0) is 54.6 Å². The van der Waals surface area contributed by atoms with Gasteiger partial charge in [0, 0.05) is 17.3 Å². The maximum absolute atomic E-state index is 12.7. The molecule has 0 saturated heterocycles. The minimum absolute atomic E-state index is 0.0125. The van der Waals surface area contributed by atoms with Crippen molar-refractivity contribution in [2.24, 2.45) is 0 Å². The quantitative estimate of drug-likeness (QED) is 0.581. The third-order valence-electron chi connectivity index (χ3n) is 4.50. The summed E-state index contributed by atoms with van der Waals surface area (Å²) in [5.74, 6) is 0.217. The second kappa shape index (κ2) is 8.08. The minimum atomic E-state index is -4.49. The zero-order chi connectivity index (χ0) is 22.9. The van der Waals surface area contributed by atoms with E-state index in [0.717, 1.165) is 30.3 Å². The highest BCUT2D eigenvalue weighted by atomic mass is 32.2. The van der Waals surface area contributed by atoms with Crippen LogP contribution in [-0.2, 0) is 16.2 Å². The van der Waals surface area contributed by atoms with E-state index >= 15 is 0 Å². The first-order valence-corrected chi connectivity index (χ1v) is 10.6. The van der Waals surface area contributed by atoms with E-state index in [1.807, 2.05) is 0 Å². The van der Waals surface area contributed by atoms with Crippen molar-refractivity contribution in [2.75, 3.05) is 16.8 Å². The highest BCUT2D eigenvalue weighted by Crippen LogP contribution is 2.35. The summed E-state index contributed by atoms with van der Waals surface area (Å²) < 4.78 is 76.3. The number of anilines is 2. The van der Waals surface area contributed by atoms with Gasteiger partial charge in [0.05, 0.1) is 16.1 Å². The smallest absolute Gasteiger partial charge is 0.416 e. The maximum Gasteiger partial charge on any atom is 0.416 e. The van der Waals surface area contributed by atoms with Gasteiger partial charge in [0.2, 0.25) is 6.79 Å². The number of fused-ring (bicyclic) bond motifs is 1. The zero-order valence-electron chi connectivity index (χ0n) is 16.1. The molecule has 0 radical (unpaired) electrons.